The molecule has 1 aromatic heterocycles. The summed E-state index contributed by atoms with van der Waals surface area (Å²) in [6.45, 7) is 11.1. The van der Waals surface area contributed by atoms with Crippen LogP contribution in [0.4, 0.5) is 0 Å². The first-order valence-corrected chi connectivity index (χ1v) is 9.26. The highest BCUT2D eigenvalue weighted by atomic mass is 15.0. The number of pyridine rings is 1. The Labute approximate surface area is 152 Å². The van der Waals surface area contributed by atoms with E-state index in [0.717, 1.165) is 12.8 Å². The zero-order valence-corrected chi connectivity index (χ0v) is 16.1. The summed E-state index contributed by atoms with van der Waals surface area (Å²) in [4.78, 5) is 0. The zero-order chi connectivity index (χ0) is 18.0. The summed E-state index contributed by atoms with van der Waals surface area (Å²) in [7, 11) is 0. The van der Waals surface area contributed by atoms with Crippen LogP contribution in [0.1, 0.15) is 41.9 Å². The van der Waals surface area contributed by atoms with Crippen molar-refractivity contribution in [1.82, 2.24) is 0 Å². The Morgan fingerprint density at radius 1 is 0.680 bits per heavy atom. The minimum Gasteiger partial charge on any atom is -0.161 e. The van der Waals surface area contributed by atoms with Crippen LogP contribution in [0.2, 0.25) is 0 Å². The van der Waals surface area contributed by atoms with Crippen LogP contribution in [-0.2, 0) is 12.8 Å². The molecule has 1 heteroatoms. The van der Waals surface area contributed by atoms with Crippen LogP contribution in [0, 0.1) is 20.8 Å². The van der Waals surface area contributed by atoms with Crippen LogP contribution in [0.3, 0.4) is 0 Å². The van der Waals surface area contributed by atoms with Gasteiger partial charge >= 0.3 is 0 Å². The molecular formula is C24H28N+. The summed E-state index contributed by atoms with van der Waals surface area (Å²) < 4.78 is 2.48. The lowest BCUT2D eigenvalue weighted by molar-refractivity contribution is -0.613. The second kappa shape index (κ2) is 7.23. The zero-order valence-electron chi connectivity index (χ0n) is 16.1. The van der Waals surface area contributed by atoms with Crippen molar-refractivity contribution >= 4 is 0 Å². The largest absolute Gasteiger partial charge is 0.216 e. The summed E-state index contributed by atoms with van der Waals surface area (Å²) in [5.74, 6) is 0. The number of aromatic nitrogens is 1. The summed E-state index contributed by atoms with van der Waals surface area (Å²) in [5.41, 5.74) is 10.7. The average molecular weight is 330 g/mol. The molecule has 0 N–H and O–H groups in total. The van der Waals surface area contributed by atoms with Crippen LogP contribution in [0.5, 0.6) is 0 Å². The number of aryl methyl sites for hydroxylation is 5. The van der Waals surface area contributed by atoms with E-state index in [9.17, 15) is 0 Å². The molecule has 0 bridgehead atoms. The SMILES string of the molecule is CCc1cc(-c2ccccc2)cc(CC)[n+]1-c1c(C)cc(C)cc1C. The molecule has 0 fully saturated rings. The van der Waals surface area contributed by atoms with Crippen LogP contribution >= 0.6 is 0 Å². The van der Waals surface area contributed by atoms with E-state index in [1.54, 1.807) is 0 Å². The number of hydrogen-bond acceptors (Lipinski definition) is 0. The molecule has 0 saturated heterocycles. The van der Waals surface area contributed by atoms with Gasteiger partial charge in [0.2, 0.25) is 5.69 Å². The van der Waals surface area contributed by atoms with Crippen molar-refractivity contribution in [2.45, 2.75) is 47.5 Å². The van der Waals surface area contributed by atoms with Gasteiger partial charge in [-0.2, -0.15) is 4.57 Å². The highest BCUT2D eigenvalue weighted by Crippen LogP contribution is 2.24. The Hall–Kier alpha value is -2.41. The van der Waals surface area contributed by atoms with Crippen molar-refractivity contribution in [3.8, 4) is 16.8 Å². The Morgan fingerprint density at radius 2 is 1.20 bits per heavy atom. The monoisotopic (exact) mass is 330 g/mol. The van der Waals surface area contributed by atoms with Gasteiger partial charge in [-0.05, 0) is 44.0 Å². The second-order valence-electron chi connectivity index (χ2n) is 6.88. The Bertz CT molecular complexity index is 843. The van der Waals surface area contributed by atoms with E-state index >= 15 is 0 Å². The quantitative estimate of drug-likeness (QED) is 0.542. The first-order valence-electron chi connectivity index (χ1n) is 9.26. The summed E-state index contributed by atoms with van der Waals surface area (Å²) in [6, 6.07) is 20.0. The summed E-state index contributed by atoms with van der Waals surface area (Å²) in [5, 5.41) is 0. The van der Waals surface area contributed by atoms with Crippen molar-refractivity contribution in [2.24, 2.45) is 0 Å². The third-order valence-corrected chi connectivity index (χ3v) is 4.91. The molecule has 1 heterocycles. The Kier molecular flexibility index (Phi) is 5.03. The fraction of sp³-hybridized carbons (Fsp3) is 0.292. The molecule has 0 saturated carbocycles. The van der Waals surface area contributed by atoms with E-state index in [1.807, 2.05) is 0 Å². The molecule has 0 atom stereocenters. The van der Waals surface area contributed by atoms with Gasteiger partial charge in [-0.25, -0.2) is 0 Å². The van der Waals surface area contributed by atoms with Gasteiger partial charge < -0.3 is 0 Å². The summed E-state index contributed by atoms with van der Waals surface area (Å²) >= 11 is 0. The van der Waals surface area contributed by atoms with Crippen molar-refractivity contribution in [3.05, 3.63) is 82.7 Å². The second-order valence-corrected chi connectivity index (χ2v) is 6.88. The lowest BCUT2D eigenvalue weighted by Gasteiger charge is -2.14. The van der Waals surface area contributed by atoms with E-state index in [2.05, 4.69) is 93.8 Å². The van der Waals surface area contributed by atoms with Gasteiger partial charge in [0.25, 0.3) is 0 Å². The smallest absolute Gasteiger partial charge is 0.161 e. The number of nitrogens with zero attached hydrogens (tertiary/aromatic N) is 1. The van der Waals surface area contributed by atoms with Crippen LogP contribution in [0.25, 0.3) is 16.8 Å². The standard InChI is InChI=1S/C24H28N/c1-6-22-15-21(20-11-9-8-10-12-20)16-23(7-2)25(22)24-18(4)13-17(3)14-19(24)5/h8-16H,6-7H2,1-5H3/q+1. The third kappa shape index (κ3) is 3.37. The molecule has 0 amide bonds. The minimum absolute atomic E-state index is 1.01. The van der Waals surface area contributed by atoms with Gasteiger partial charge in [-0.1, -0.05) is 49.7 Å². The molecule has 1 nitrogen and oxygen atoms in total. The molecule has 0 spiro atoms. The van der Waals surface area contributed by atoms with Crippen LogP contribution < -0.4 is 4.57 Å². The molecule has 0 aliphatic heterocycles. The average Bonchev–Trinajstić information content (AvgIpc) is 2.61. The van der Waals surface area contributed by atoms with E-state index in [4.69, 9.17) is 0 Å². The lowest BCUT2D eigenvalue weighted by Crippen LogP contribution is -2.41. The van der Waals surface area contributed by atoms with E-state index < -0.39 is 0 Å². The van der Waals surface area contributed by atoms with Gasteiger partial charge in [0, 0.05) is 36.1 Å². The normalized spacial score (nSPS) is 10.9. The Morgan fingerprint density at radius 3 is 1.68 bits per heavy atom. The lowest BCUT2D eigenvalue weighted by atomic mass is 10.00. The van der Waals surface area contributed by atoms with Crippen LogP contribution in [-0.4, -0.2) is 0 Å². The van der Waals surface area contributed by atoms with Crippen molar-refractivity contribution < 1.29 is 4.57 Å². The molecule has 0 unspecified atom stereocenters. The van der Waals surface area contributed by atoms with Gasteiger partial charge in [0.1, 0.15) is 0 Å². The number of rotatable bonds is 4. The van der Waals surface area contributed by atoms with Gasteiger partial charge in [-0.15, -0.1) is 0 Å². The van der Waals surface area contributed by atoms with Crippen molar-refractivity contribution in [1.29, 1.82) is 0 Å². The number of hydrogen-bond donors (Lipinski definition) is 0. The predicted molar refractivity (Wildman–Crippen MR) is 106 cm³/mol. The Balaban J connectivity index is 2.28. The van der Waals surface area contributed by atoms with Crippen LogP contribution in [0.15, 0.2) is 54.6 Å². The number of benzene rings is 2. The molecule has 25 heavy (non-hydrogen) atoms. The van der Waals surface area contributed by atoms with Gasteiger partial charge in [0.15, 0.2) is 11.4 Å². The molecule has 2 aromatic carbocycles. The molecule has 0 radical (unpaired) electrons. The highest BCUT2D eigenvalue weighted by molar-refractivity contribution is 5.63. The van der Waals surface area contributed by atoms with E-state index in [1.165, 1.54) is 44.9 Å². The maximum atomic E-state index is 2.48. The van der Waals surface area contributed by atoms with Crippen molar-refractivity contribution in [3.63, 3.8) is 0 Å². The third-order valence-electron chi connectivity index (χ3n) is 4.91. The molecule has 3 rings (SSSR count). The summed E-state index contributed by atoms with van der Waals surface area (Å²) in [6.07, 6.45) is 2.03. The fourth-order valence-electron chi connectivity index (χ4n) is 3.84. The molecule has 0 aliphatic carbocycles. The van der Waals surface area contributed by atoms with Gasteiger partial charge in [0.05, 0.1) is 0 Å². The maximum absolute atomic E-state index is 2.48. The first-order chi connectivity index (χ1) is 12.0. The van der Waals surface area contributed by atoms with E-state index in [0.29, 0.717) is 0 Å². The van der Waals surface area contributed by atoms with Crippen molar-refractivity contribution in [2.75, 3.05) is 0 Å². The molecule has 128 valence electrons. The van der Waals surface area contributed by atoms with Gasteiger partial charge in [-0.3, -0.25) is 0 Å². The fourth-order valence-corrected chi connectivity index (χ4v) is 3.84. The minimum atomic E-state index is 1.01. The molecule has 3 aromatic rings. The maximum Gasteiger partial charge on any atom is 0.216 e. The molecular weight excluding hydrogens is 302 g/mol. The highest BCUT2D eigenvalue weighted by Gasteiger charge is 2.23. The van der Waals surface area contributed by atoms with E-state index in [-0.39, 0.29) is 0 Å². The molecule has 0 aliphatic rings. The first kappa shape index (κ1) is 17.4. The topological polar surface area (TPSA) is 3.88 Å². The predicted octanol–water partition coefficient (Wildman–Crippen LogP) is 5.68.